The number of ether oxygens (including phenoxy) is 1. The van der Waals surface area contributed by atoms with Gasteiger partial charge < -0.3 is 10.5 Å². The van der Waals surface area contributed by atoms with E-state index in [2.05, 4.69) is 6.07 Å². The van der Waals surface area contributed by atoms with Crippen molar-refractivity contribution in [2.45, 2.75) is 0 Å². The number of anilines is 1. The summed E-state index contributed by atoms with van der Waals surface area (Å²) < 4.78 is 5.41. The van der Waals surface area contributed by atoms with Gasteiger partial charge in [-0.2, -0.15) is 0 Å². The zero-order chi connectivity index (χ0) is 14.1. The zero-order valence-electron chi connectivity index (χ0n) is 11.1. The van der Waals surface area contributed by atoms with Crippen LogP contribution in [-0.2, 0) is 0 Å². The topological polar surface area (TPSA) is 35.2 Å². The molecule has 0 radical (unpaired) electrons. The molecule has 3 aromatic rings. The average Bonchev–Trinajstić information content (AvgIpc) is 2.47. The minimum atomic E-state index is 0.653. The van der Waals surface area contributed by atoms with E-state index < -0.39 is 0 Å². The normalized spacial score (nSPS) is 10.7. The molecule has 0 bridgehead atoms. The quantitative estimate of drug-likeness (QED) is 0.689. The molecule has 0 amide bonds. The zero-order valence-corrected chi connectivity index (χ0v) is 11.8. The molecule has 0 unspecified atom stereocenters. The highest BCUT2D eigenvalue weighted by Gasteiger charge is 2.10. The van der Waals surface area contributed by atoms with Crippen LogP contribution in [0.15, 0.2) is 54.6 Å². The van der Waals surface area contributed by atoms with Gasteiger partial charge in [-0.05, 0) is 35.2 Å². The molecule has 0 atom stereocenters. The highest BCUT2D eigenvalue weighted by atomic mass is 35.5. The molecule has 3 aromatic carbocycles. The second kappa shape index (κ2) is 5.06. The van der Waals surface area contributed by atoms with Crippen molar-refractivity contribution in [2.24, 2.45) is 0 Å². The van der Waals surface area contributed by atoms with Crippen LogP contribution in [0.2, 0.25) is 5.02 Å². The smallest absolute Gasteiger partial charge is 0.126 e. The third-order valence-electron chi connectivity index (χ3n) is 3.39. The van der Waals surface area contributed by atoms with Gasteiger partial charge in [-0.25, -0.2) is 0 Å². The molecule has 0 spiro atoms. The van der Waals surface area contributed by atoms with Gasteiger partial charge in [-0.3, -0.25) is 0 Å². The number of nitrogen functional groups attached to an aromatic ring is 1. The van der Waals surface area contributed by atoms with Crippen molar-refractivity contribution in [1.29, 1.82) is 0 Å². The van der Waals surface area contributed by atoms with Crippen LogP contribution in [0.25, 0.3) is 21.9 Å². The number of nitrogens with two attached hydrogens (primary N) is 1. The fraction of sp³-hybridized carbons (Fsp3) is 0.0588. The Morgan fingerprint density at radius 3 is 2.30 bits per heavy atom. The summed E-state index contributed by atoms with van der Waals surface area (Å²) in [6.07, 6.45) is 0. The van der Waals surface area contributed by atoms with Crippen molar-refractivity contribution in [2.75, 3.05) is 12.8 Å². The van der Waals surface area contributed by atoms with E-state index in [1.54, 1.807) is 13.2 Å². The molecule has 0 saturated heterocycles. The third-order valence-corrected chi connectivity index (χ3v) is 3.70. The van der Waals surface area contributed by atoms with E-state index in [0.717, 1.165) is 27.6 Å². The number of fused-ring (bicyclic) bond motifs is 1. The second-order valence-electron chi connectivity index (χ2n) is 4.60. The Kier molecular flexibility index (Phi) is 3.25. The molecule has 3 heteroatoms. The number of hydrogen-bond acceptors (Lipinski definition) is 2. The highest BCUT2D eigenvalue weighted by Crippen LogP contribution is 2.37. The molecule has 0 aliphatic carbocycles. The lowest BCUT2D eigenvalue weighted by Gasteiger charge is -2.12. The van der Waals surface area contributed by atoms with Gasteiger partial charge in [-0.15, -0.1) is 0 Å². The molecule has 3 rings (SSSR count). The van der Waals surface area contributed by atoms with E-state index in [1.165, 1.54) is 0 Å². The predicted molar refractivity (Wildman–Crippen MR) is 85.4 cm³/mol. The van der Waals surface area contributed by atoms with Gasteiger partial charge in [0.05, 0.1) is 12.1 Å². The number of methoxy groups -OCH3 is 1. The molecule has 0 aliphatic heterocycles. The van der Waals surface area contributed by atoms with E-state index >= 15 is 0 Å². The first-order valence-corrected chi connectivity index (χ1v) is 6.69. The molecule has 0 aromatic heterocycles. The van der Waals surface area contributed by atoms with Crippen molar-refractivity contribution in [1.82, 2.24) is 0 Å². The maximum atomic E-state index is 6.33. The van der Waals surface area contributed by atoms with Crippen LogP contribution in [0.1, 0.15) is 0 Å². The second-order valence-corrected chi connectivity index (χ2v) is 5.01. The van der Waals surface area contributed by atoms with E-state index in [4.69, 9.17) is 22.1 Å². The average molecular weight is 284 g/mol. The molecule has 2 nitrogen and oxygen atoms in total. The fourth-order valence-electron chi connectivity index (χ4n) is 2.43. The predicted octanol–water partition coefficient (Wildman–Crippen LogP) is 4.75. The van der Waals surface area contributed by atoms with Gasteiger partial charge in [0.25, 0.3) is 0 Å². The van der Waals surface area contributed by atoms with E-state index in [1.807, 2.05) is 42.5 Å². The first-order valence-electron chi connectivity index (χ1n) is 6.32. The highest BCUT2D eigenvalue weighted by molar-refractivity contribution is 6.34. The summed E-state index contributed by atoms with van der Waals surface area (Å²) in [5.41, 5.74) is 8.47. The summed E-state index contributed by atoms with van der Waals surface area (Å²) in [6, 6.07) is 17.7. The monoisotopic (exact) mass is 283 g/mol. The summed E-state index contributed by atoms with van der Waals surface area (Å²) >= 11 is 6.33. The molecular formula is C17H14ClNO. The first-order chi connectivity index (χ1) is 9.70. The van der Waals surface area contributed by atoms with E-state index in [0.29, 0.717) is 10.7 Å². The Morgan fingerprint density at radius 1 is 0.900 bits per heavy atom. The van der Waals surface area contributed by atoms with Crippen molar-refractivity contribution >= 4 is 28.1 Å². The summed E-state index contributed by atoms with van der Waals surface area (Å²) in [4.78, 5) is 0. The molecule has 20 heavy (non-hydrogen) atoms. The number of hydrogen-bond donors (Lipinski definition) is 1. The molecule has 0 saturated carbocycles. The minimum absolute atomic E-state index is 0.653. The van der Waals surface area contributed by atoms with Gasteiger partial charge in [0.15, 0.2) is 0 Å². The van der Waals surface area contributed by atoms with E-state index in [9.17, 15) is 0 Å². The number of rotatable bonds is 2. The minimum Gasteiger partial charge on any atom is -0.496 e. The van der Waals surface area contributed by atoms with Crippen LogP contribution in [0, 0.1) is 0 Å². The van der Waals surface area contributed by atoms with E-state index in [-0.39, 0.29) is 0 Å². The van der Waals surface area contributed by atoms with Gasteiger partial charge in [0.2, 0.25) is 0 Å². The Labute approximate surface area is 122 Å². The Morgan fingerprint density at radius 2 is 1.60 bits per heavy atom. The van der Waals surface area contributed by atoms with Crippen LogP contribution in [-0.4, -0.2) is 7.11 Å². The Hall–Kier alpha value is -2.19. The van der Waals surface area contributed by atoms with Crippen LogP contribution in [0.3, 0.4) is 0 Å². The maximum absolute atomic E-state index is 6.33. The van der Waals surface area contributed by atoms with Crippen LogP contribution < -0.4 is 10.5 Å². The largest absolute Gasteiger partial charge is 0.496 e. The van der Waals surface area contributed by atoms with Crippen molar-refractivity contribution < 1.29 is 4.74 Å². The van der Waals surface area contributed by atoms with Gasteiger partial charge in [0.1, 0.15) is 5.75 Å². The Balaban J connectivity index is 2.32. The fourth-order valence-corrected chi connectivity index (χ4v) is 2.72. The van der Waals surface area contributed by atoms with Crippen molar-refractivity contribution in [3.8, 4) is 16.9 Å². The first kappa shape index (κ1) is 12.8. The van der Waals surface area contributed by atoms with Crippen LogP contribution in [0.5, 0.6) is 5.75 Å². The molecule has 100 valence electrons. The lowest BCUT2D eigenvalue weighted by atomic mass is 9.97. The van der Waals surface area contributed by atoms with Crippen LogP contribution >= 0.6 is 11.6 Å². The summed E-state index contributed by atoms with van der Waals surface area (Å²) in [7, 11) is 1.68. The summed E-state index contributed by atoms with van der Waals surface area (Å²) in [5, 5.41) is 2.83. The van der Waals surface area contributed by atoms with Gasteiger partial charge >= 0.3 is 0 Å². The Bertz CT molecular complexity index is 783. The van der Waals surface area contributed by atoms with Crippen molar-refractivity contribution in [3.05, 3.63) is 59.6 Å². The number of benzene rings is 3. The maximum Gasteiger partial charge on any atom is 0.126 e. The van der Waals surface area contributed by atoms with Gasteiger partial charge in [0, 0.05) is 16.6 Å². The molecule has 0 aliphatic rings. The third kappa shape index (κ3) is 2.08. The number of halogens is 1. The lowest BCUT2D eigenvalue weighted by Crippen LogP contribution is -1.89. The molecule has 2 N–H and O–H groups in total. The molecular weight excluding hydrogens is 270 g/mol. The summed E-state index contributed by atoms with van der Waals surface area (Å²) in [6.45, 7) is 0. The molecule has 0 heterocycles. The SMILES string of the molecule is COc1ccc(-c2ccc(N)cc2Cl)c2ccccc12. The lowest BCUT2D eigenvalue weighted by molar-refractivity contribution is 0.420. The van der Waals surface area contributed by atoms with Gasteiger partial charge in [-0.1, -0.05) is 41.9 Å². The van der Waals surface area contributed by atoms with Crippen molar-refractivity contribution in [3.63, 3.8) is 0 Å². The molecule has 0 fully saturated rings. The standard InChI is InChI=1S/C17H14ClNO/c1-20-17-9-8-13(12-4-2-3-5-15(12)17)14-7-6-11(19)10-16(14)18/h2-10H,19H2,1H3. The van der Waals surface area contributed by atoms with Crippen LogP contribution in [0.4, 0.5) is 5.69 Å². The summed E-state index contributed by atoms with van der Waals surface area (Å²) in [5.74, 6) is 0.857.